The third-order valence-corrected chi connectivity index (χ3v) is 5.48. The van der Waals surface area contributed by atoms with Gasteiger partial charge < -0.3 is 19.2 Å². The van der Waals surface area contributed by atoms with E-state index in [1.165, 1.54) is 0 Å². The maximum Gasteiger partial charge on any atom is 0.419 e. The zero-order valence-electron chi connectivity index (χ0n) is 17.8. The molecule has 0 aliphatic carbocycles. The molecule has 8 nitrogen and oxygen atoms in total. The Morgan fingerprint density at radius 2 is 2.00 bits per heavy atom. The average Bonchev–Trinajstić information content (AvgIpc) is 3.25. The number of aromatic nitrogens is 1. The summed E-state index contributed by atoms with van der Waals surface area (Å²) in [5, 5.41) is 9.71. The highest BCUT2D eigenvalue weighted by atomic mass is 16.6. The number of carboxylic acid groups (broad SMARTS) is 1. The molecule has 1 aromatic carbocycles. The molecule has 1 aromatic heterocycles. The first-order valence-electron chi connectivity index (χ1n) is 10.4. The number of carboxylic acids is 1. The van der Waals surface area contributed by atoms with E-state index < -0.39 is 23.2 Å². The Morgan fingerprint density at radius 1 is 1.27 bits per heavy atom. The molecule has 0 unspecified atom stereocenters. The Bertz CT molecular complexity index is 954. The van der Waals surface area contributed by atoms with E-state index in [0.29, 0.717) is 50.9 Å². The number of hydrogen-bond acceptors (Lipinski definition) is 5. The van der Waals surface area contributed by atoms with E-state index in [9.17, 15) is 19.5 Å². The standard InChI is InChI=1S/C22H30N2O6/c1-22(2,3)30-20(27)23-13-11-15(14-23)16(19(25)26)8-6-7-12-24-17-9-4-5-10-18(17)29-21(24)28/h4-5,9-10,15-16H,6-8,11-14H2,1-3H3,(H,25,26)/t15-,16-/m0/s1. The first kappa shape index (κ1) is 21.9. The summed E-state index contributed by atoms with van der Waals surface area (Å²) in [6, 6.07) is 7.26. The third-order valence-electron chi connectivity index (χ3n) is 5.48. The molecule has 1 N–H and O–H groups in total. The van der Waals surface area contributed by atoms with Gasteiger partial charge in [-0.2, -0.15) is 0 Å². The van der Waals surface area contributed by atoms with E-state index in [2.05, 4.69) is 0 Å². The lowest BCUT2D eigenvalue weighted by molar-refractivity contribution is -0.143. The molecular formula is C22H30N2O6. The number of fused-ring (bicyclic) bond motifs is 1. The number of amides is 1. The van der Waals surface area contributed by atoms with Gasteiger partial charge in [-0.15, -0.1) is 0 Å². The molecule has 1 saturated heterocycles. The largest absolute Gasteiger partial charge is 0.481 e. The molecule has 2 heterocycles. The SMILES string of the molecule is CC(C)(C)OC(=O)N1CC[C@H]([C@H](CCCCn2c(=O)oc3ccccc32)C(=O)O)C1. The third kappa shape index (κ3) is 5.23. The van der Waals surface area contributed by atoms with Crippen LogP contribution in [0, 0.1) is 11.8 Å². The molecule has 1 fully saturated rings. The fraction of sp³-hybridized carbons (Fsp3) is 0.591. The van der Waals surface area contributed by atoms with Gasteiger partial charge in [0.15, 0.2) is 5.58 Å². The minimum atomic E-state index is -0.836. The van der Waals surface area contributed by atoms with E-state index in [1.54, 1.807) is 15.5 Å². The van der Waals surface area contributed by atoms with Crippen molar-refractivity contribution in [1.82, 2.24) is 9.47 Å². The second kappa shape index (κ2) is 8.93. The Morgan fingerprint density at radius 3 is 2.70 bits per heavy atom. The number of oxazole rings is 1. The van der Waals surface area contributed by atoms with Crippen molar-refractivity contribution >= 4 is 23.2 Å². The van der Waals surface area contributed by atoms with E-state index in [0.717, 1.165) is 5.52 Å². The Labute approximate surface area is 175 Å². The summed E-state index contributed by atoms with van der Waals surface area (Å²) >= 11 is 0. The zero-order chi connectivity index (χ0) is 21.9. The molecule has 2 atom stereocenters. The monoisotopic (exact) mass is 418 g/mol. The van der Waals surface area contributed by atoms with Crippen LogP contribution in [0.5, 0.6) is 0 Å². The number of unbranched alkanes of at least 4 members (excludes halogenated alkanes) is 1. The highest BCUT2D eigenvalue weighted by Gasteiger charge is 2.36. The molecule has 0 bridgehead atoms. The Hall–Kier alpha value is -2.77. The summed E-state index contributed by atoms with van der Waals surface area (Å²) in [6.45, 7) is 6.83. The van der Waals surface area contributed by atoms with E-state index in [-0.39, 0.29) is 12.0 Å². The number of benzene rings is 1. The fourth-order valence-corrected chi connectivity index (χ4v) is 4.03. The van der Waals surface area contributed by atoms with Crippen molar-refractivity contribution in [2.75, 3.05) is 13.1 Å². The second-order valence-corrected chi connectivity index (χ2v) is 8.90. The summed E-state index contributed by atoms with van der Waals surface area (Å²) in [7, 11) is 0. The lowest BCUT2D eigenvalue weighted by Crippen LogP contribution is -2.36. The number of aliphatic carboxylic acids is 1. The van der Waals surface area contributed by atoms with E-state index in [1.807, 2.05) is 39.0 Å². The van der Waals surface area contributed by atoms with Crippen LogP contribution in [0.3, 0.4) is 0 Å². The number of carbonyl (C=O) groups is 2. The van der Waals surface area contributed by atoms with Crippen LogP contribution in [0.1, 0.15) is 46.5 Å². The maximum atomic E-state index is 12.2. The van der Waals surface area contributed by atoms with Gasteiger partial charge in [0.1, 0.15) is 5.60 Å². The predicted molar refractivity (Wildman–Crippen MR) is 111 cm³/mol. The minimum Gasteiger partial charge on any atom is -0.481 e. The van der Waals surface area contributed by atoms with Crippen LogP contribution in [0.25, 0.3) is 11.1 Å². The second-order valence-electron chi connectivity index (χ2n) is 8.90. The molecule has 1 amide bonds. The Kier molecular flexibility index (Phi) is 6.53. The number of carbonyl (C=O) groups excluding carboxylic acids is 1. The lowest BCUT2D eigenvalue weighted by atomic mass is 9.87. The number of hydrogen-bond donors (Lipinski definition) is 1. The van der Waals surface area contributed by atoms with Crippen LogP contribution >= 0.6 is 0 Å². The lowest BCUT2D eigenvalue weighted by Gasteiger charge is -2.25. The smallest absolute Gasteiger partial charge is 0.419 e. The first-order valence-corrected chi connectivity index (χ1v) is 10.4. The first-order chi connectivity index (χ1) is 14.2. The molecule has 2 aromatic rings. The van der Waals surface area contributed by atoms with Gasteiger partial charge in [0.25, 0.3) is 0 Å². The van der Waals surface area contributed by atoms with Crippen molar-refractivity contribution < 1.29 is 23.8 Å². The van der Waals surface area contributed by atoms with Gasteiger partial charge >= 0.3 is 17.8 Å². The summed E-state index contributed by atoms with van der Waals surface area (Å²) < 4.78 is 12.2. The van der Waals surface area contributed by atoms with Gasteiger partial charge in [0.2, 0.25) is 0 Å². The minimum absolute atomic E-state index is 0.0903. The molecule has 0 saturated carbocycles. The molecule has 1 aliphatic heterocycles. The van der Waals surface area contributed by atoms with Crippen molar-refractivity contribution in [3.05, 3.63) is 34.8 Å². The van der Waals surface area contributed by atoms with Crippen LogP contribution in [0.15, 0.2) is 33.5 Å². The Balaban J connectivity index is 1.53. The quantitative estimate of drug-likeness (QED) is 0.688. The van der Waals surface area contributed by atoms with Crippen molar-refractivity contribution in [3.63, 3.8) is 0 Å². The molecule has 30 heavy (non-hydrogen) atoms. The summed E-state index contributed by atoms with van der Waals surface area (Å²) in [6.07, 6.45) is 2.12. The van der Waals surface area contributed by atoms with Gasteiger partial charge in [-0.05, 0) is 58.1 Å². The van der Waals surface area contributed by atoms with Gasteiger partial charge in [0.05, 0.1) is 11.4 Å². The van der Waals surface area contributed by atoms with Crippen molar-refractivity contribution in [3.8, 4) is 0 Å². The number of likely N-dealkylation sites (tertiary alicyclic amines) is 1. The highest BCUT2D eigenvalue weighted by Crippen LogP contribution is 2.29. The molecule has 1 aliphatic rings. The molecular weight excluding hydrogens is 388 g/mol. The normalized spacial score (nSPS) is 18.0. The van der Waals surface area contributed by atoms with Crippen LogP contribution in [-0.2, 0) is 16.1 Å². The summed E-state index contributed by atoms with van der Waals surface area (Å²) in [5.41, 5.74) is 0.733. The number of rotatable bonds is 7. The van der Waals surface area contributed by atoms with Crippen LogP contribution in [-0.4, -0.2) is 45.3 Å². The number of ether oxygens (including phenoxy) is 1. The van der Waals surface area contributed by atoms with Crippen LogP contribution in [0.2, 0.25) is 0 Å². The molecule has 0 radical (unpaired) electrons. The molecule has 0 spiro atoms. The highest BCUT2D eigenvalue weighted by molar-refractivity contribution is 5.73. The average molecular weight is 418 g/mol. The predicted octanol–water partition coefficient (Wildman–Crippen LogP) is 3.72. The fourth-order valence-electron chi connectivity index (χ4n) is 4.03. The van der Waals surface area contributed by atoms with E-state index in [4.69, 9.17) is 9.15 Å². The van der Waals surface area contributed by atoms with Gasteiger partial charge in [-0.1, -0.05) is 18.6 Å². The number of aryl methyl sites for hydroxylation is 1. The van der Waals surface area contributed by atoms with Gasteiger partial charge in [-0.3, -0.25) is 9.36 Å². The van der Waals surface area contributed by atoms with Gasteiger partial charge in [-0.25, -0.2) is 9.59 Å². The topological polar surface area (TPSA) is 102 Å². The number of nitrogens with zero attached hydrogens (tertiary/aromatic N) is 2. The van der Waals surface area contributed by atoms with Crippen LogP contribution < -0.4 is 5.76 Å². The molecule has 164 valence electrons. The van der Waals surface area contributed by atoms with Crippen molar-refractivity contribution in [1.29, 1.82) is 0 Å². The van der Waals surface area contributed by atoms with E-state index >= 15 is 0 Å². The molecule has 3 rings (SSSR count). The molecule has 8 heteroatoms. The van der Waals surface area contributed by atoms with Crippen LogP contribution in [0.4, 0.5) is 4.79 Å². The summed E-state index contributed by atoms with van der Waals surface area (Å²) in [4.78, 5) is 37.7. The number of para-hydroxylation sites is 2. The van der Waals surface area contributed by atoms with Gasteiger partial charge in [0, 0.05) is 19.6 Å². The maximum absolute atomic E-state index is 12.2. The zero-order valence-corrected chi connectivity index (χ0v) is 17.8. The summed E-state index contributed by atoms with van der Waals surface area (Å²) in [5.74, 6) is -1.84. The van der Waals surface area contributed by atoms with Crippen molar-refractivity contribution in [2.45, 2.75) is 58.6 Å². The van der Waals surface area contributed by atoms with Crippen molar-refractivity contribution in [2.24, 2.45) is 11.8 Å².